The molecule has 2 N–H and O–H groups in total. The van der Waals surface area contributed by atoms with Crippen LogP contribution in [0.2, 0.25) is 0 Å². The molecule has 0 unspecified atom stereocenters. The Balaban J connectivity index is 1.73. The molecule has 3 aromatic rings. The summed E-state index contributed by atoms with van der Waals surface area (Å²) in [5, 5.41) is 4.17. The first-order valence-electron chi connectivity index (χ1n) is 11.4. The van der Waals surface area contributed by atoms with E-state index in [0.29, 0.717) is 18.5 Å². The van der Waals surface area contributed by atoms with Crippen LogP contribution in [0.25, 0.3) is 16.5 Å². The summed E-state index contributed by atoms with van der Waals surface area (Å²) >= 11 is 0. The summed E-state index contributed by atoms with van der Waals surface area (Å²) in [6.45, 7) is 10.8. The molecule has 2 heterocycles. The summed E-state index contributed by atoms with van der Waals surface area (Å²) < 4.78 is 5.33. The molecule has 2 aromatic carbocycles. The van der Waals surface area contributed by atoms with Gasteiger partial charge in [0.1, 0.15) is 0 Å². The molecule has 0 aliphatic carbocycles. The molecule has 0 atom stereocenters. The number of aryl methyl sites for hydroxylation is 1. The third kappa shape index (κ3) is 4.38. The molecule has 172 valence electrons. The molecule has 0 fully saturated rings. The summed E-state index contributed by atoms with van der Waals surface area (Å²) in [6.07, 6.45) is 2.23. The van der Waals surface area contributed by atoms with E-state index in [2.05, 4.69) is 31.1 Å². The predicted molar refractivity (Wildman–Crippen MR) is 132 cm³/mol. The van der Waals surface area contributed by atoms with Crippen molar-refractivity contribution < 1.29 is 14.3 Å². The van der Waals surface area contributed by atoms with Gasteiger partial charge in [0.05, 0.1) is 17.9 Å². The van der Waals surface area contributed by atoms with Gasteiger partial charge < -0.3 is 15.0 Å². The molecule has 33 heavy (non-hydrogen) atoms. The lowest BCUT2D eigenvalue weighted by atomic mass is 9.84. The van der Waals surface area contributed by atoms with Crippen LogP contribution in [0.5, 0.6) is 0 Å². The van der Waals surface area contributed by atoms with Crippen molar-refractivity contribution in [3.8, 4) is 0 Å². The van der Waals surface area contributed by atoms with Gasteiger partial charge in [0.25, 0.3) is 0 Å². The van der Waals surface area contributed by atoms with Crippen LogP contribution in [0.4, 0.5) is 10.5 Å². The Labute approximate surface area is 194 Å². The fourth-order valence-electron chi connectivity index (χ4n) is 4.37. The number of amides is 2. The second kappa shape index (κ2) is 8.77. The first kappa shape index (κ1) is 22.6. The maximum atomic E-state index is 13.4. The lowest BCUT2D eigenvalue weighted by Gasteiger charge is -2.26. The Bertz CT molecular complexity index is 1250. The van der Waals surface area contributed by atoms with Gasteiger partial charge in [-0.2, -0.15) is 0 Å². The van der Waals surface area contributed by atoms with Crippen molar-refractivity contribution in [2.75, 3.05) is 18.5 Å². The van der Waals surface area contributed by atoms with Crippen molar-refractivity contribution in [2.24, 2.45) is 0 Å². The maximum Gasteiger partial charge on any atom is 0.341 e. The van der Waals surface area contributed by atoms with Gasteiger partial charge in [-0.1, -0.05) is 57.2 Å². The molecule has 0 bridgehead atoms. The molecule has 6 heteroatoms. The quantitative estimate of drug-likeness (QED) is 0.503. The third-order valence-electron chi connectivity index (χ3n) is 6.04. The molecule has 0 saturated carbocycles. The Hall–Kier alpha value is -3.54. The number of para-hydroxylation sites is 2. The number of hydrogen-bond acceptors (Lipinski definition) is 3. The second-order valence-corrected chi connectivity index (χ2v) is 9.41. The van der Waals surface area contributed by atoms with Crippen LogP contribution in [-0.2, 0) is 21.4 Å². The molecular weight excluding hydrogens is 414 g/mol. The van der Waals surface area contributed by atoms with E-state index in [1.54, 1.807) is 18.0 Å². The summed E-state index contributed by atoms with van der Waals surface area (Å²) in [6, 6.07) is 13.7. The number of ether oxygens (including phenoxy) is 1. The minimum atomic E-state index is -0.448. The van der Waals surface area contributed by atoms with E-state index in [0.717, 1.165) is 39.0 Å². The van der Waals surface area contributed by atoms with Gasteiger partial charge in [-0.25, -0.2) is 9.59 Å². The number of anilines is 1. The fourth-order valence-corrected chi connectivity index (χ4v) is 4.37. The number of carbonyl (C=O) groups excluding carboxylic acids is 2. The molecule has 4 rings (SSSR count). The Kier molecular flexibility index (Phi) is 6.02. The van der Waals surface area contributed by atoms with Gasteiger partial charge in [0, 0.05) is 29.3 Å². The van der Waals surface area contributed by atoms with E-state index in [4.69, 9.17) is 4.74 Å². The average molecular weight is 446 g/mol. The number of carbonyl (C=O) groups is 2. The topological polar surface area (TPSA) is 74.4 Å². The van der Waals surface area contributed by atoms with Crippen molar-refractivity contribution in [1.29, 1.82) is 0 Å². The highest BCUT2D eigenvalue weighted by Crippen LogP contribution is 2.34. The molecular formula is C27H31N3O3. The van der Waals surface area contributed by atoms with Crippen LogP contribution in [0.3, 0.4) is 0 Å². The lowest BCUT2D eigenvalue weighted by Crippen LogP contribution is -2.33. The van der Waals surface area contributed by atoms with E-state index >= 15 is 0 Å². The van der Waals surface area contributed by atoms with Crippen molar-refractivity contribution >= 4 is 34.2 Å². The van der Waals surface area contributed by atoms with E-state index in [1.807, 2.05) is 49.4 Å². The number of benzene rings is 2. The highest BCUT2D eigenvalue weighted by atomic mass is 16.5. The van der Waals surface area contributed by atoms with Gasteiger partial charge >= 0.3 is 12.0 Å². The van der Waals surface area contributed by atoms with Gasteiger partial charge in [0.2, 0.25) is 0 Å². The van der Waals surface area contributed by atoms with Crippen molar-refractivity contribution in [2.45, 2.75) is 46.5 Å². The smallest absolute Gasteiger partial charge is 0.341 e. The zero-order chi connectivity index (χ0) is 23.8. The first-order valence-corrected chi connectivity index (χ1v) is 11.4. The highest BCUT2D eigenvalue weighted by Gasteiger charge is 2.28. The Morgan fingerprint density at radius 1 is 1.12 bits per heavy atom. The van der Waals surface area contributed by atoms with Gasteiger partial charge in [0.15, 0.2) is 0 Å². The van der Waals surface area contributed by atoms with Crippen LogP contribution < -0.4 is 5.32 Å². The van der Waals surface area contributed by atoms with Crippen molar-refractivity contribution in [3.05, 3.63) is 71.0 Å². The van der Waals surface area contributed by atoms with E-state index < -0.39 is 5.97 Å². The van der Waals surface area contributed by atoms with Crippen LogP contribution in [-0.4, -0.2) is 35.0 Å². The Morgan fingerprint density at radius 3 is 2.61 bits per heavy atom. The molecule has 2 amide bonds. The second-order valence-electron chi connectivity index (χ2n) is 9.41. The van der Waals surface area contributed by atoms with Crippen LogP contribution in [0, 0.1) is 6.92 Å². The molecule has 0 saturated heterocycles. The number of urea groups is 1. The molecule has 1 aromatic heterocycles. The molecule has 1 aliphatic heterocycles. The van der Waals surface area contributed by atoms with E-state index in [1.165, 1.54) is 0 Å². The number of nitrogens with zero attached hydrogens (tertiary/aromatic N) is 1. The Morgan fingerprint density at radius 2 is 1.88 bits per heavy atom. The normalized spacial score (nSPS) is 13.8. The zero-order valence-electron chi connectivity index (χ0n) is 19.9. The molecule has 0 spiro atoms. The largest absolute Gasteiger partial charge is 0.462 e. The number of rotatable bonds is 3. The number of aromatic amines is 1. The highest BCUT2D eigenvalue weighted by molar-refractivity contribution is 6.18. The standard InChI is InChI=1S/C27H31N3O3/c1-6-33-25(31)20-16-30(15-14-19-18-11-7-8-13-22(18)28-24(19)20)26(32)29-23-17(2)10-9-12-21(23)27(3,4)5/h7-13,16,28H,6,14-15H2,1-5H3,(H,29,32). The van der Waals surface area contributed by atoms with Gasteiger partial charge in [-0.15, -0.1) is 0 Å². The minimum Gasteiger partial charge on any atom is -0.462 e. The summed E-state index contributed by atoms with van der Waals surface area (Å²) in [5.74, 6) is -0.448. The zero-order valence-corrected chi connectivity index (χ0v) is 19.9. The first-order chi connectivity index (χ1) is 15.7. The minimum absolute atomic E-state index is 0.129. The summed E-state index contributed by atoms with van der Waals surface area (Å²) in [7, 11) is 0. The monoisotopic (exact) mass is 445 g/mol. The van der Waals surface area contributed by atoms with Crippen molar-refractivity contribution in [1.82, 2.24) is 9.88 Å². The molecule has 1 aliphatic rings. The number of H-pyrrole nitrogens is 1. The molecule has 6 nitrogen and oxygen atoms in total. The van der Waals surface area contributed by atoms with Gasteiger partial charge in [-0.05, 0) is 48.4 Å². The number of hydrogen-bond donors (Lipinski definition) is 2. The van der Waals surface area contributed by atoms with Crippen LogP contribution in [0.15, 0.2) is 48.7 Å². The summed E-state index contributed by atoms with van der Waals surface area (Å²) in [5.41, 5.74) is 5.81. The average Bonchev–Trinajstić information content (AvgIpc) is 3.01. The van der Waals surface area contributed by atoms with Gasteiger partial charge in [-0.3, -0.25) is 4.90 Å². The number of aromatic nitrogens is 1. The molecule has 0 radical (unpaired) electrons. The lowest BCUT2D eigenvalue weighted by molar-refractivity contribution is -0.136. The van der Waals surface area contributed by atoms with Crippen LogP contribution in [0.1, 0.15) is 50.1 Å². The van der Waals surface area contributed by atoms with Crippen LogP contribution >= 0.6 is 0 Å². The number of fused-ring (bicyclic) bond motifs is 3. The summed E-state index contributed by atoms with van der Waals surface area (Å²) in [4.78, 5) is 31.3. The van der Waals surface area contributed by atoms with E-state index in [-0.39, 0.29) is 18.1 Å². The number of nitrogens with one attached hydrogen (secondary N) is 2. The maximum absolute atomic E-state index is 13.4. The SMILES string of the molecule is CCOC(=O)C1=CN(C(=O)Nc2c(C)cccc2C(C)(C)C)CCc2c1[nH]c1ccccc21. The third-order valence-corrected chi connectivity index (χ3v) is 6.04. The number of esters is 1. The van der Waals surface area contributed by atoms with E-state index in [9.17, 15) is 9.59 Å². The fraction of sp³-hybridized carbons (Fsp3) is 0.333. The predicted octanol–water partition coefficient (Wildman–Crippen LogP) is 5.77. The van der Waals surface area contributed by atoms with Crippen molar-refractivity contribution in [3.63, 3.8) is 0 Å².